The van der Waals surface area contributed by atoms with Crippen LogP contribution >= 0.6 is 0 Å². The minimum atomic E-state index is -0.373. The van der Waals surface area contributed by atoms with Gasteiger partial charge >= 0.3 is 0 Å². The first kappa shape index (κ1) is 28.1. The summed E-state index contributed by atoms with van der Waals surface area (Å²) in [5.41, 5.74) is 7.60. The minimum Gasteiger partial charge on any atom is -0.294 e. The van der Waals surface area contributed by atoms with Gasteiger partial charge < -0.3 is 0 Å². The third kappa shape index (κ3) is 4.69. The van der Waals surface area contributed by atoms with Gasteiger partial charge in [0.1, 0.15) is 0 Å². The van der Waals surface area contributed by atoms with Gasteiger partial charge in [0.05, 0.1) is 11.6 Å². The average molecular weight is 524 g/mol. The van der Waals surface area contributed by atoms with Crippen molar-refractivity contribution in [3.05, 3.63) is 63.8 Å². The normalized spacial score (nSPS) is 33.4. The molecule has 0 aromatic heterocycles. The molecule has 208 valence electrons. The third-order valence-corrected chi connectivity index (χ3v) is 11.5. The van der Waals surface area contributed by atoms with E-state index in [1.165, 1.54) is 38.5 Å². The highest BCUT2D eigenvalue weighted by molar-refractivity contribution is 6.04. The molecule has 5 atom stereocenters. The van der Waals surface area contributed by atoms with Crippen molar-refractivity contribution in [2.45, 2.75) is 106 Å². The molecule has 1 aromatic carbocycles. The second-order valence-corrected chi connectivity index (χ2v) is 14.8. The summed E-state index contributed by atoms with van der Waals surface area (Å²) in [6.45, 7) is 16.7. The average Bonchev–Trinajstić information content (AvgIpc) is 3.24. The number of nitrogens with zero attached hydrogens (tertiary/aromatic N) is 1. The van der Waals surface area contributed by atoms with Gasteiger partial charge in [-0.15, -0.1) is 0 Å². The molecule has 1 fully saturated rings. The number of allylic oxidation sites excluding steroid dienone is 5. The Hall–Kier alpha value is -2.40. The summed E-state index contributed by atoms with van der Waals surface area (Å²) in [4.78, 5) is 13.9. The smallest absolute Gasteiger partial charge is 0.164 e. The number of benzene rings is 1. The Labute approximate surface area is 237 Å². The van der Waals surface area contributed by atoms with Crippen LogP contribution in [0.5, 0.6) is 0 Å². The van der Waals surface area contributed by atoms with Gasteiger partial charge in [-0.2, -0.15) is 5.26 Å². The molecular weight excluding hydrogens is 474 g/mol. The van der Waals surface area contributed by atoms with E-state index in [0.29, 0.717) is 22.7 Å². The highest BCUT2D eigenvalue weighted by atomic mass is 16.1. The van der Waals surface area contributed by atoms with E-state index < -0.39 is 0 Å². The monoisotopic (exact) mass is 523 g/mol. The number of nitriles is 1. The summed E-state index contributed by atoms with van der Waals surface area (Å²) >= 11 is 0. The number of rotatable bonds is 6. The van der Waals surface area contributed by atoms with E-state index >= 15 is 0 Å². The fourth-order valence-corrected chi connectivity index (χ4v) is 9.47. The van der Waals surface area contributed by atoms with Crippen molar-refractivity contribution in [1.82, 2.24) is 0 Å². The predicted molar refractivity (Wildman–Crippen MR) is 162 cm³/mol. The molecule has 39 heavy (non-hydrogen) atoms. The lowest BCUT2D eigenvalue weighted by atomic mass is 9.46. The molecule has 2 nitrogen and oxygen atoms in total. The van der Waals surface area contributed by atoms with Crippen molar-refractivity contribution in [2.75, 3.05) is 0 Å². The van der Waals surface area contributed by atoms with Crippen LogP contribution in [0.2, 0.25) is 0 Å². The molecule has 0 bridgehead atoms. The lowest BCUT2D eigenvalue weighted by Crippen LogP contribution is -2.52. The zero-order chi connectivity index (χ0) is 28.2. The Morgan fingerprint density at radius 2 is 1.74 bits per heavy atom. The Balaban J connectivity index is 1.46. The van der Waals surface area contributed by atoms with Crippen LogP contribution in [-0.2, 0) is 4.79 Å². The van der Waals surface area contributed by atoms with Gasteiger partial charge in [-0.3, -0.25) is 4.79 Å². The van der Waals surface area contributed by atoms with Crippen LogP contribution in [0.4, 0.5) is 0 Å². The molecule has 4 aliphatic carbocycles. The highest BCUT2D eigenvalue weighted by Crippen LogP contribution is 2.66. The maximum absolute atomic E-state index is 13.9. The lowest BCUT2D eigenvalue weighted by Gasteiger charge is -2.57. The summed E-state index contributed by atoms with van der Waals surface area (Å²) < 4.78 is 0. The Bertz CT molecular complexity index is 1270. The van der Waals surface area contributed by atoms with Crippen LogP contribution in [0.25, 0.3) is 6.08 Å². The summed E-state index contributed by atoms with van der Waals surface area (Å²) in [6, 6.07) is 9.86. The third-order valence-electron chi connectivity index (χ3n) is 11.5. The summed E-state index contributed by atoms with van der Waals surface area (Å²) in [6.07, 6.45) is 15.5. The largest absolute Gasteiger partial charge is 0.294 e. The van der Waals surface area contributed by atoms with Crippen molar-refractivity contribution >= 4 is 11.9 Å². The van der Waals surface area contributed by atoms with Crippen LogP contribution < -0.4 is 0 Å². The van der Waals surface area contributed by atoms with Crippen LogP contribution in [0.3, 0.4) is 0 Å². The second kappa shape index (κ2) is 10.2. The summed E-state index contributed by atoms with van der Waals surface area (Å²) in [7, 11) is 0. The predicted octanol–water partition coefficient (Wildman–Crippen LogP) is 9.86. The molecule has 0 radical (unpaired) electrons. The number of hydrogen-bond donors (Lipinski definition) is 0. The van der Waals surface area contributed by atoms with E-state index in [1.807, 2.05) is 24.3 Å². The van der Waals surface area contributed by atoms with Crippen molar-refractivity contribution in [3.63, 3.8) is 0 Å². The zero-order valence-corrected chi connectivity index (χ0v) is 25.5. The second-order valence-electron chi connectivity index (χ2n) is 14.8. The van der Waals surface area contributed by atoms with E-state index in [1.54, 1.807) is 16.7 Å². The first-order valence-electron chi connectivity index (χ1n) is 15.6. The Kier molecular flexibility index (Phi) is 7.37. The van der Waals surface area contributed by atoms with Gasteiger partial charge in [0.25, 0.3) is 0 Å². The molecule has 0 aliphatic heterocycles. The molecule has 1 saturated carbocycles. The van der Waals surface area contributed by atoms with Crippen molar-refractivity contribution < 1.29 is 4.79 Å². The molecule has 0 saturated heterocycles. The number of Topliss-reactive ketones (excluding diaryl/α,β-unsaturated/α-hetero) is 1. The molecule has 0 N–H and O–H groups in total. The van der Waals surface area contributed by atoms with Gasteiger partial charge in [0, 0.05) is 5.41 Å². The van der Waals surface area contributed by atoms with Crippen LogP contribution in [0, 0.1) is 51.2 Å². The van der Waals surface area contributed by atoms with Crippen LogP contribution in [0.1, 0.15) is 117 Å². The lowest BCUT2D eigenvalue weighted by molar-refractivity contribution is -0.133. The first-order valence-corrected chi connectivity index (χ1v) is 15.6. The van der Waals surface area contributed by atoms with E-state index in [2.05, 4.69) is 66.7 Å². The van der Waals surface area contributed by atoms with Crippen molar-refractivity contribution in [1.29, 1.82) is 5.26 Å². The number of ketones is 1. The Morgan fingerprint density at radius 3 is 2.41 bits per heavy atom. The van der Waals surface area contributed by atoms with E-state index in [9.17, 15) is 10.1 Å². The number of hydrogen-bond acceptors (Lipinski definition) is 2. The van der Waals surface area contributed by atoms with E-state index in [-0.39, 0.29) is 10.8 Å². The van der Waals surface area contributed by atoms with Gasteiger partial charge in [0.15, 0.2) is 5.78 Å². The molecule has 1 aromatic rings. The first-order chi connectivity index (χ1) is 18.4. The highest BCUT2D eigenvalue weighted by Gasteiger charge is 2.58. The van der Waals surface area contributed by atoms with E-state index in [4.69, 9.17) is 0 Å². The molecule has 0 unspecified atom stereocenters. The standard InChI is InChI=1S/C37H49NO/c1-24(2)9-8-10-25(3)30-16-17-31-29-15-18-33-35(4,5)34(39)28(21-26-11-13-27(23-38)14-12-26)22-37(33,7)32(29)19-20-36(30,31)6/h11-14,17,21,24-25,30,33H,8-10,15-16,18-20,22H2,1-7H3/b28-21+/t25-,30-,33+,36-,37-/m1/s1. The van der Waals surface area contributed by atoms with Gasteiger partial charge in [-0.25, -0.2) is 0 Å². The maximum atomic E-state index is 13.9. The van der Waals surface area contributed by atoms with Crippen LogP contribution in [-0.4, -0.2) is 5.78 Å². The minimum absolute atomic E-state index is 0.0204. The molecule has 4 aliphatic rings. The molecule has 0 spiro atoms. The van der Waals surface area contributed by atoms with Crippen molar-refractivity contribution in [2.24, 2.45) is 39.9 Å². The zero-order valence-electron chi connectivity index (χ0n) is 25.5. The van der Waals surface area contributed by atoms with Gasteiger partial charge in [-0.05, 0) is 114 Å². The quantitative estimate of drug-likeness (QED) is 0.348. The molecule has 2 heteroatoms. The topological polar surface area (TPSA) is 40.9 Å². The molecular formula is C37H49NO. The summed E-state index contributed by atoms with van der Waals surface area (Å²) in [5, 5.41) is 9.19. The van der Waals surface area contributed by atoms with Gasteiger partial charge in [0.2, 0.25) is 0 Å². The number of carbonyl (C=O) groups is 1. The SMILES string of the molecule is CC(C)CCC[C@@H](C)[C@H]1CC=C2C3=C(CC[C@@]21C)[C@@]1(C)C/C(=C\c2ccc(C#N)cc2)C(=O)C(C)(C)[C@@H]1CC3. The maximum Gasteiger partial charge on any atom is 0.164 e. The Morgan fingerprint density at radius 1 is 1.03 bits per heavy atom. The molecule has 0 amide bonds. The van der Waals surface area contributed by atoms with Crippen LogP contribution in [0.15, 0.2) is 52.6 Å². The van der Waals surface area contributed by atoms with Gasteiger partial charge in [-0.1, -0.05) is 91.5 Å². The van der Waals surface area contributed by atoms with Crippen molar-refractivity contribution in [3.8, 4) is 6.07 Å². The summed E-state index contributed by atoms with van der Waals surface area (Å²) in [5.74, 6) is 3.02. The number of carbonyl (C=O) groups excluding carboxylic acids is 1. The van der Waals surface area contributed by atoms with E-state index in [0.717, 1.165) is 48.2 Å². The molecule has 5 rings (SSSR count). The molecule has 0 heterocycles. The fourth-order valence-electron chi connectivity index (χ4n) is 9.47. The fraction of sp³-hybridized carbons (Fsp3) is 0.622. The number of fused-ring (bicyclic) bond motifs is 4.